The molecule has 2 saturated heterocycles. The predicted molar refractivity (Wildman–Crippen MR) is 98.6 cm³/mol. The van der Waals surface area contributed by atoms with E-state index >= 15 is 0 Å². The van der Waals surface area contributed by atoms with Crippen LogP contribution in [0.3, 0.4) is 0 Å². The van der Waals surface area contributed by atoms with Crippen molar-refractivity contribution in [2.75, 3.05) is 39.3 Å². The lowest BCUT2D eigenvalue weighted by Gasteiger charge is -2.38. The Hall–Kier alpha value is -2.37. The van der Waals surface area contributed by atoms with Crippen molar-refractivity contribution in [3.8, 4) is 0 Å². The van der Waals surface area contributed by atoms with Crippen LogP contribution in [0.4, 0.5) is 0 Å². The summed E-state index contributed by atoms with van der Waals surface area (Å²) in [7, 11) is 0. The molecule has 6 heteroatoms. The van der Waals surface area contributed by atoms with Crippen LogP contribution < -0.4 is 0 Å². The molecular formula is C20H27N3O3. The molecule has 0 N–H and O–H groups in total. The van der Waals surface area contributed by atoms with Crippen LogP contribution in [0, 0.1) is 12.8 Å². The number of aryl methyl sites for hydroxylation is 1. The molecule has 140 valence electrons. The molecule has 1 aromatic rings. The molecule has 0 atom stereocenters. The molecule has 1 aromatic carbocycles. The van der Waals surface area contributed by atoms with Gasteiger partial charge in [0, 0.05) is 57.7 Å². The maximum Gasteiger partial charge on any atom is 0.253 e. The smallest absolute Gasteiger partial charge is 0.253 e. The van der Waals surface area contributed by atoms with Gasteiger partial charge in [0.15, 0.2) is 0 Å². The second kappa shape index (κ2) is 7.89. The van der Waals surface area contributed by atoms with E-state index in [0.717, 1.165) is 18.4 Å². The van der Waals surface area contributed by atoms with Gasteiger partial charge >= 0.3 is 0 Å². The summed E-state index contributed by atoms with van der Waals surface area (Å²) in [6.07, 6.45) is 1.47. The first-order valence-electron chi connectivity index (χ1n) is 9.36. The molecule has 3 rings (SSSR count). The lowest BCUT2D eigenvalue weighted by molar-refractivity contribution is -0.141. The summed E-state index contributed by atoms with van der Waals surface area (Å²) in [5.41, 5.74) is 1.83. The quantitative estimate of drug-likeness (QED) is 0.807. The second-order valence-corrected chi connectivity index (χ2v) is 7.26. The highest BCUT2D eigenvalue weighted by atomic mass is 16.2. The number of likely N-dealkylation sites (tertiary alicyclic amines) is 1. The standard InChI is InChI=1S/C20H27N3O3/c1-15-3-5-17(6-4-15)19(25)22-11-13-23(14-12-22)20(26)18-7-9-21(10-8-18)16(2)24/h3-6,18H,7-14H2,1-2H3. The van der Waals surface area contributed by atoms with Crippen molar-refractivity contribution in [3.05, 3.63) is 35.4 Å². The van der Waals surface area contributed by atoms with Crippen LogP contribution in [0.5, 0.6) is 0 Å². The van der Waals surface area contributed by atoms with Crippen LogP contribution >= 0.6 is 0 Å². The summed E-state index contributed by atoms with van der Waals surface area (Å²) in [5.74, 6) is 0.298. The van der Waals surface area contributed by atoms with Crippen molar-refractivity contribution < 1.29 is 14.4 Å². The minimum absolute atomic E-state index is 0.00458. The third kappa shape index (κ3) is 4.06. The Kier molecular flexibility index (Phi) is 5.59. The van der Waals surface area contributed by atoms with Gasteiger partial charge in [-0.1, -0.05) is 17.7 Å². The Morgan fingerprint density at radius 1 is 0.808 bits per heavy atom. The topological polar surface area (TPSA) is 60.9 Å². The van der Waals surface area contributed by atoms with E-state index in [0.29, 0.717) is 44.8 Å². The minimum atomic E-state index is 0.00458. The third-order valence-electron chi connectivity index (χ3n) is 5.47. The zero-order valence-electron chi connectivity index (χ0n) is 15.6. The fourth-order valence-electron chi connectivity index (χ4n) is 3.71. The van der Waals surface area contributed by atoms with Crippen LogP contribution in [-0.4, -0.2) is 71.7 Å². The van der Waals surface area contributed by atoms with E-state index in [1.807, 2.05) is 45.9 Å². The Morgan fingerprint density at radius 3 is 1.88 bits per heavy atom. The van der Waals surface area contributed by atoms with Gasteiger partial charge in [-0.15, -0.1) is 0 Å². The fraction of sp³-hybridized carbons (Fsp3) is 0.550. The molecule has 0 aliphatic carbocycles. The van der Waals surface area contributed by atoms with Gasteiger partial charge in [-0.05, 0) is 31.9 Å². The highest BCUT2D eigenvalue weighted by Crippen LogP contribution is 2.21. The zero-order chi connectivity index (χ0) is 18.7. The van der Waals surface area contributed by atoms with Crippen LogP contribution in [0.25, 0.3) is 0 Å². The van der Waals surface area contributed by atoms with E-state index in [9.17, 15) is 14.4 Å². The molecule has 0 saturated carbocycles. The average molecular weight is 357 g/mol. The van der Waals surface area contributed by atoms with Gasteiger partial charge in [0.2, 0.25) is 11.8 Å². The van der Waals surface area contributed by atoms with Crippen molar-refractivity contribution in [2.24, 2.45) is 5.92 Å². The Labute approximate surface area is 154 Å². The van der Waals surface area contributed by atoms with Crippen molar-refractivity contribution >= 4 is 17.7 Å². The molecule has 2 aliphatic heterocycles. The largest absolute Gasteiger partial charge is 0.343 e. The summed E-state index contributed by atoms with van der Waals surface area (Å²) in [5, 5.41) is 0. The summed E-state index contributed by atoms with van der Waals surface area (Å²) in [4.78, 5) is 42.2. The predicted octanol–water partition coefficient (Wildman–Crippen LogP) is 1.54. The summed E-state index contributed by atoms with van der Waals surface area (Å²) >= 11 is 0. The molecule has 2 heterocycles. The number of piperidine rings is 1. The molecule has 2 aliphatic rings. The molecular weight excluding hydrogens is 330 g/mol. The maximum atomic E-state index is 12.7. The van der Waals surface area contributed by atoms with Crippen LogP contribution in [0.15, 0.2) is 24.3 Å². The minimum Gasteiger partial charge on any atom is -0.343 e. The van der Waals surface area contributed by atoms with Gasteiger partial charge in [-0.2, -0.15) is 0 Å². The Balaban J connectivity index is 1.50. The molecule has 3 amide bonds. The van der Waals surface area contributed by atoms with Gasteiger partial charge in [-0.25, -0.2) is 0 Å². The fourth-order valence-corrected chi connectivity index (χ4v) is 3.71. The lowest BCUT2D eigenvalue weighted by Crippen LogP contribution is -2.53. The number of amides is 3. The lowest BCUT2D eigenvalue weighted by atomic mass is 9.95. The summed E-state index contributed by atoms with van der Waals surface area (Å²) in [6.45, 7) is 7.23. The van der Waals surface area contributed by atoms with E-state index < -0.39 is 0 Å². The number of hydrogen-bond donors (Lipinski definition) is 0. The number of nitrogens with zero attached hydrogens (tertiary/aromatic N) is 3. The molecule has 26 heavy (non-hydrogen) atoms. The van der Waals surface area contributed by atoms with Gasteiger partial charge in [0.1, 0.15) is 0 Å². The van der Waals surface area contributed by atoms with Gasteiger partial charge in [-0.3, -0.25) is 14.4 Å². The van der Waals surface area contributed by atoms with Crippen LogP contribution in [0.2, 0.25) is 0 Å². The molecule has 6 nitrogen and oxygen atoms in total. The highest BCUT2D eigenvalue weighted by Gasteiger charge is 2.31. The van der Waals surface area contributed by atoms with Crippen LogP contribution in [0.1, 0.15) is 35.7 Å². The number of benzene rings is 1. The normalized spacial score (nSPS) is 18.8. The van der Waals surface area contributed by atoms with Crippen LogP contribution in [-0.2, 0) is 9.59 Å². The summed E-state index contributed by atoms with van der Waals surface area (Å²) in [6, 6.07) is 7.61. The molecule has 0 unspecified atom stereocenters. The van der Waals surface area contributed by atoms with Crippen molar-refractivity contribution in [3.63, 3.8) is 0 Å². The van der Waals surface area contributed by atoms with E-state index in [1.54, 1.807) is 6.92 Å². The van der Waals surface area contributed by atoms with Gasteiger partial charge in [0.25, 0.3) is 5.91 Å². The monoisotopic (exact) mass is 357 g/mol. The highest BCUT2D eigenvalue weighted by molar-refractivity contribution is 5.94. The summed E-state index contributed by atoms with van der Waals surface area (Å²) < 4.78 is 0. The van der Waals surface area contributed by atoms with E-state index in [-0.39, 0.29) is 23.6 Å². The number of carbonyl (C=O) groups excluding carboxylic acids is 3. The molecule has 0 aromatic heterocycles. The molecule has 0 radical (unpaired) electrons. The van der Waals surface area contributed by atoms with Crippen molar-refractivity contribution in [2.45, 2.75) is 26.7 Å². The van der Waals surface area contributed by atoms with E-state index in [2.05, 4.69) is 0 Å². The first-order chi connectivity index (χ1) is 12.5. The Bertz CT molecular complexity index is 670. The van der Waals surface area contributed by atoms with Crippen molar-refractivity contribution in [1.82, 2.24) is 14.7 Å². The first-order valence-corrected chi connectivity index (χ1v) is 9.36. The zero-order valence-corrected chi connectivity index (χ0v) is 15.6. The third-order valence-corrected chi connectivity index (χ3v) is 5.47. The molecule has 2 fully saturated rings. The van der Waals surface area contributed by atoms with Crippen molar-refractivity contribution in [1.29, 1.82) is 0 Å². The van der Waals surface area contributed by atoms with Gasteiger partial charge < -0.3 is 14.7 Å². The van der Waals surface area contributed by atoms with E-state index in [4.69, 9.17) is 0 Å². The number of rotatable bonds is 2. The van der Waals surface area contributed by atoms with Gasteiger partial charge in [0.05, 0.1) is 0 Å². The number of carbonyl (C=O) groups is 3. The molecule has 0 bridgehead atoms. The number of piperazine rings is 1. The average Bonchev–Trinajstić information content (AvgIpc) is 2.67. The Morgan fingerprint density at radius 2 is 1.35 bits per heavy atom. The second-order valence-electron chi connectivity index (χ2n) is 7.26. The van der Waals surface area contributed by atoms with E-state index in [1.165, 1.54) is 0 Å². The number of hydrogen-bond acceptors (Lipinski definition) is 3. The maximum absolute atomic E-state index is 12.7. The molecule has 0 spiro atoms. The first kappa shape index (κ1) is 18.4. The SMILES string of the molecule is CC(=O)N1CCC(C(=O)N2CCN(C(=O)c3ccc(C)cc3)CC2)CC1.